The van der Waals surface area contributed by atoms with Crippen molar-refractivity contribution in [2.24, 2.45) is 5.73 Å². The molecule has 0 spiro atoms. The summed E-state index contributed by atoms with van der Waals surface area (Å²) in [5.74, 6) is -1.09. The van der Waals surface area contributed by atoms with Gasteiger partial charge in [-0.05, 0) is 6.92 Å². The van der Waals surface area contributed by atoms with Crippen LogP contribution in [0, 0.1) is 0 Å². The number of hydrogen-bond donors (Lipinski definition) is 2. The Morgan fingerprint density at radius 3 is 2.83 bits per heavy atom. The highest BCUT2D eigenvalue weighted by Gasteiger charge is 2.16. The lowest BCUT2D eigenvalue weighted by molar-refractivity contribution is 0.0689. The molecular weight excluding hydrogens is 160 g/mol. The second kappa shape index (κ2) is 3.31. The third-order valence-corrected chi connectivity index (χ3v) is 1.53. The molecular formula is C6H10N4O2. The summed E-state index contributed by atoms with van der Waals surface area (Å²) in [6.45, 7) is 2.56. The van der Waals surface area contributed by atoms with Crippen LogP contribution in [0.25, 0.3) is 0 Å². The Hall–Kier alpha value is -1.43. The first-order chi connectivity index (χ1) is 5.70. The zero-order valence-electron chi connectivity index (χ0n) is 6.69. The highest BCUT2D eigenvalue weighted by molar-refractivity contribution is 5.86. The molecule has 0 saturated carbocycles. The van der Waals surface area contributed by atoms with Crippen molar-refractivity contribution < 1.29 is 9.90 Å². The Labute approximate surface area is 69.0 Å². The summed E-state index contributed by atoms with van der Waals surface area (Å²) in [7, 11) is 0. The number of carboxylic acids is 1. The maximum Gasteiger partial charge on any atom is 0.358 e. The van der Waals surface area contributed by atoms with Crippen molar-refractivity contribution in [3.63, 3.8) is 0 Å². The highest BCUT2D eigenvalue weighted by atomic mass is 16.4. The lowest BCUT2D eigenvalue weighted by atomic mass is 10.3. The van der Waals surface area contributed by atoms with Gasteiger partial charge in [-0.1, -0.05) is 5.21 Å². The van der Waals surface area contributed by atoms with E-state index >= 15 is 0 Å². The van der Waals surface area contributed by atoms with Crippen molar-refractivity contribution in [3.05, 3.63) is 11.4 Å². The Balaban J connectivity index is 3.13. The van der Waals surface area contributed by atoms with Gasteiger partial charge in [0.15, 0.2) is 5.69 Å². The molecule has 6 nitrogen and oxygen atoms in total. The van der Waals surface area contributed by atoms with E-state index in [0.717, 1.165) is 0 Å². The quantitative estimate of drug-likeness (QED) is 0.635. The fraction of sp³-hybridized carbons (Fsp3) is 0.500. The van der Waals surface area contributed by atoms with Crippen LogP contribution in [0.3, 0.4) is 0 Å². The monoisotopic (exact) mass is 170 g/mol. The van der Waals surface area contributed by atoms with Crippen LogP contribution in [0.1, 0.15) is 23.1 Å². The van der Waals surface area contributed by atoms with Gasteiger partial charge in [0.05, 0.1) is 5.69 Å². The summed E-state index contributed by atoms with van der Waals surface area (Å²) in [5, 5.41) is 15.8. The number of aromatic carboxylic acids is 1. The third kappa shape index (κ3) is 1.28. The van der Waals surface area contributed by atoms with Gasteiger partial charge in [-0.15, -0.1) is 5.10 Å². The second-order valence-corrected chi connectivity index (χ2v) is 2.21. The molecule has 0 unspecified atom stereocenters. The van der Waals surface area contributed by atoms with Crippen LogP contribution >= 0.6 is 0 Å². The van der Waals surface area contributed by atoms with Gasteiger partial charge >= 0.3 is 5.97 Å². The molecule has 12 heavy (non-hydrogen) atoms. The highest BCUT2D eigenvalue weighted by Crippen LogP contribution is 2.03. The minimum Gasteiger partial charge on any atom is -0.476 e. The number of nitrogens with two attached hydrogens (primary N) is 1. The molecule has 1 aromatic heterocycles. The molecule has 0 aliphatic heterocycles. The topological polar surface area (TPSA) is 94.0 Å². The van der Waals surface area contributed by atoms with E-state index in [0.29, 0.717) is 12.2 Å². The minimum atomic E-state index is -1.09. The Bertz CT molecular complexity index is 294. The molecule has 1 heterocycles. The molecule has 0 aliphatic rings. The molecule has 0 bridgehead atoms. The van der Waals surface area contributed by atoms with Crippen molar-refractivity contribution in [3.8, 4) is 0 Å². The van der Waals surface area contributed by atoms with Crippen LogP contribution in [-0.2, 0) is 13.1 Å². The summed E-state index contributed by atoms with van der Waals surface area (Å²) in [6, 6.07) is 0. The van der Waals surface area contributed by atoms with Gasteiger partial charge in [-0.3, -0.25) is 0 Å². The van der Waals surface area contributed by atoms with Crippen molar-refractivity contribution in [1.82, 2.24) is 15.0 Å². The first kappa shape index (κ1) is 8.66. The first-order valence-corrected chi connectivity index (χ1v) is 3.56. The van der Waals surface area contributed by atoms with Crippen molar-refractivity contribution in [2.45, 2.75) is 20.0 Å². The van der Waals surface area contributed by atoms with E-state index in [1.165, 1.54) is 4.68 Å². The molecule has 1 rings (SSSR count). The number of nitrogens with zero attached hydrogens (tertiary/aromatic N) is 3. The Kier molecular flexibility index (Phi) is 2.39. The van der Waals surface area contributed by atoms with Crippen molar-refractivity contribution >= 4 is 5.97 Å². The van der Waals surface area contributed by atoms with E-state index < -0.39 is 5.97 Å². The molecule has 0 atom stereocenters. The Morgan fingerprint density at radius 2 is 2.42 bits per heavy atom. The number of hydrogen-bond acceptors (Lipinski definition) is 4. The standard InChI is InChI=1S/C6H10N4O2/c1-2-10-4(3-7)5(6(11)12)8-9-10/h2-3,7H2,1H3,(H,11,12). The molecule has 6 heteroatoms. The maximum atomic E-state index is 10.5. The SMILES string of the molecule is CCn1nnc(C(=O)O)c1CN. The molecule has 0 aliphatic carbocycles. The number of rotatable bonds is 3. The number of aromatic nitrogens is 3. The fourth-order valence-electron chi connectivity index (χ4n) is 0.955. The van der Waals surface area contributed by atoms with Gasteiger partial charge in [0, 0.05) is 13.1 Å². The van der Waals surface area contributed by atoms with E-state index in [4.69, 9.17) is 10.8 Å². The summed E-state index contributed by atoms with van der Waals surface area (Å²) in [5.41, 5.74) is 5.75. The summed E-state index contributed by atoms with van der Waals surface area (Å²) >= 11 is 0. The largest absolute Gasteiger partial charge is 0.476 e. The normalized spacial score (nSPS) is 10.2. The predicted octanol–water partition coefficient (Wildman–Crippen LogP) is -0.545. The third-order valence-electron chi connectivity index (χ3n) is 1.53. The van der Waals surface area contributed by atoms with Crippen LogP contribution in [0.4, 0.5) is 0 Å². The minimum absolute atomic E-state index is 0.0562. The van der Waals surface area contributed by atoms with E-state index in [1.807, 2.05) is 6.92 Å². The van der Waals surface area contributed by atoms with Crippen LogP contribution in [0.15, 0.2) is 0 Å². The van der Waals surface area contributed by atoms with Gasteiger partial charge in [-0.25, -0.2) is 9.48 Å². The molecule has 0 amide bonds. The lowest BCUT2D eigenvalue weighted by Gasteiger charge is -1.99. The molecule has 3 N–H and O–H groups in total. The van der Waals surface area contributed by atoms with Gasteiger partial charge in [0.2, 0.25) is 0 Å². The summed E-state index contributed by atoms with van der Waals surface area (Å²) in [6.07, 6.45) is 0. The number of aryl methyl sites for hydroxylation is 1. The molecule has 0 radical (unpaired) electrons. The van der Waals surface area contributed by atoms with Crippen LogP contribution in [-0.4, -0.2) is 26.1 Å². The molecule has 0 saturated heterocycles. The van der Waals surface area contributed by atoms with E-state index in [2.05, 4.69) is 10.3 Å². The lowest BCUT2D eigenvalue weighted by Crippen LogP contribution is -2.11. The van der Waals surface area contributed by atoms with Gasteiger partial charge in [-0.2, -0.15) is 0 Å². The van der Waals surface area contributed by atoms with Gasteiger partial charge in [0.25, 0.3) is 0 Å². The van der Waals surface area contributed by atoms with E-state index in [-0.39, 0.29) is 12.2 Å². The van der Waals surface area contributed by atoms with Crippen molar-refractivity contribution in [2.75, 3.05) is 0 Å². The van der Waals surface area contributed by atoms with Crippen molar-refractivity contribution in [1.29, 1.82) is 0 Å². The van der Waals surface area contributed by atoms with E-state index in [1.54, 1.807) is 0 Å². The first-order valence-electron chi connectivity index (χ1n) is 3.56. The zero-order chi connectivity index (χ0) is 9.14. The fourth-order valence-corrected chi connectivity index (χ4v) is 0.955. The Morgan fingerprint density at radius 1 is 1.75 bits per heavy atom. The number of carboxylic acid groups (broad SMARTS) is 1. The van der Waals surface area contributed by atoms with Crippen LogP contribution in [0.5, 0.6) is 0 Å². The molecule has 66 valence electrons. The molecule has 1 aromatic rings. The smallest absolute Gasteiger partial charge is 0.358 e. The molecule has 0 fully saturated rings. The van der Waals surface area contributed by atoms with E-state index in [9.17, 15) is 4.79 Å². The molecule has 0 aromatic carbocycles. The average Bonchev–Trinajstić information content (AvgIpc) is 2.46. The number of carbonyl (C=O) groups is 1. The maximum absolute atomic E-state index is 10.5. The average molecular weight is 170 g/mol. The van der Waals surface area contributed by atoms with Gasteiger partial charge < -0.3 is 10.8 Å². The van der Waals surface area contributed by atoms with Crippen LogP contribution < -0.4 is 5.73 Å². The van der Waals surface area contributed by atoms with Crippen LogP contribution in [0.2, 0.25) is 0 Å². The van der Waals surface area contributed by atoms with Gasteiger partial charge in [0.1, 0.15) is 0 Å². The summed E-state index contributed by atoms with van der Waals surface area (Å²) < 4.78 is 1.48. The second-order valence-electron chi connectivity index (χ2n) is 2.21. The summed E-state index contributed by atoms with van der Waals surface area (Å²) in [4.78, 5) is 10.5. The predicted molar refractivity (Wildman–Crippen MR) is 40.5 cm³/mol. The zero-order valence-corrected chi connectivity index (χ0v) is 6.69.